The first-order chi connectivity index (χ1) is 13.6. The Hall–Kier alpha value is -2.91. The standard InChI is InChI=1S/C19H25N5O4/c1-22-16-15(17(27)21-19(22)28)24(9-5-8-14-6-3-2-4-7-14)18(20-16)23(10-12-25)11-13-26/h2-4,6-7,25-26H,5,8-13H2,1H3,(H,21,27,28). The first kappa shape index (κ1) is 19.8. The SMILES string of the molecule is Cn1c(=O)[nH]c(=O)c2c1nc(N(CCO)CCO)n2CCCc1ccccc1. The summed E-state index contributed by atoms with van der Waals surface area (Å²) in [6.45, 7) is 0.781. The van der Waals surface area contributed by atoms with E-state index in [0.717, 1.165) is 12.8 Å². The number of hydrogen-bond acceptors (Lipinski definition) is 6. The fourth-order valence-corrected chi connectivity index (χ4v) is 3.32. The van der Waals surface area contributed by atoms with Gasteiger partial charge in [-0.05, 0) is 18.4 Å². The van der Waals surface area contributed by atoms with Gasteiger partial charge in [0.25, 0.3) is 5.56 Å². The van der Waals surface area contributed by atoms with E-state index in [1.54, 1.807) is 16.5 Å². The maximum Gasteiger partial charge on any atom is 0.329 e. The molecule has 0 spiro atoms. The van der Waals surface area contributed by atoms with Gasteiger partial charge in [0.1, 0.15) is 0 Å². The molecule has 3 aromatic rings. The zero-order chi connectivity index (χ0) is 20.1. The van der Waals surface area contributed by atoms with E-state index >= 15 is 0 Å². The Morgan fingerprint density at radius 1 is 1.11 bits per heavy atom. The number of imidazole rings is 1. The highest BCUT2D eigenvalue weighted by molar-refractivity contribution is 5.74. The van der Waals surface area contributed by atoms with Crippen molar-refractivity contribution in [2.24, 2.45) is 7.05 Å². The van der Waals surface area contributed by atoms with Crippen LogP contribution in [-0.4, -0.2) is 55.6 Å². The topological polar surface area (TPSA) is 116 Å². The lowest BCUT2D eigenvalue weighted by Gasteiger charge is -2.22. The van der Waals surface area contributed by atoms with E-state index in [1.807, 2.05) is 30.3 Å². The Morgan fingerprint density at radius 2 is 1.79 bits per heavy atom. The quantitative estimate of drug-likeness (QED) is 0.470. The van der Waals surface area contributed by atoms with Crippen LogP contribution in [0.25, 0.3) is 11.2 Å². The number of rotatable bonds is 9. The van der Waals surface area contributed by atoms with Crippen LogP contribution >= 0.6 is 0 Å². The van der Waals surface area contributed by atoms with Gasteiger partial charge in [-0.15, -0.1) is 0 Å². The van der Waals surface area contributed by atoms with E-state index in [2.05, 4.69) is 9.97 Å². The van der Waals surface area contributed by atoms with Crippen LogP contribution in [0.2, 0.25) is 0 Å². The van der Waals surface area contributed by atoms with Gasteiger partial charge in [-0.3, -0.25) is 14.3 Å². The molecule has 0 aliphatic heterocycles. The number of nitrogens with zero attached hydrogens (tertiary/aromatic N) is 4. The van der Waals surface area contributed by atoms with Crippen LogP contribution in [0.3, 0.4) is 0 Å². The first-order valence-corrected chi connectivity index (χ1v) is 9.27. The van der Waals surface area contributed by atoms with Gasteiger partial charge < -0.3 is 19.7 Å². The van der Waals surface area contributed by atoms with Crippen molar-refractivity contribution < 1.29 is 10.2 Å². The molecule has 0 fully saturated rings. The molecule has 9 heteroatoms. The lowest BCUT2D eigenvalue weighted by atomic mass is 10.1. The minimum atomic E-state index is -0.533. The molecule has 0 aliphatic rings. The maximum atomic E-state index is 12.5. The molecule has 3 rings (SSSR count). The van der Waals surface area contributed by atoms with Gasteiger partial charge >= 0.3 is 5.69 Å². The highest BCUT2D eigenvalue weighted by Gasteiger charge is 2.21. The van der Waals surface area contributed by atoms with Gasteiger partial charge in [0, 0.05) is 26.7 Å². The molecule has 0 saturated heterocycles. The van der Waals surface area contributed by atoms with E-state index in [9.17, 15) is 19.8 Å². The Morgan fingerprint density at radius 3 is 2.43 bits per heavy atom. The van der Waals surface area contributed by atoms with Gasteiger partial charge in [0.05, 0.1) is 13.2 Å². The molecule has 2 heterocycles. The molecule has 9 nitrogen and oxygen atoms in total. The van der Waals surface area contributed by atoms with Gasteiger partial charge in [-0.1, -0.05) is 30.3 Å². The van der Waals surface area contributed by atoms with Crippen molar-refractivity contribution in [3.05, 3.63) is 56.7 Å². The number of aromatic amines is 1. The van der Waals surface area contributed by atoms with Crippen LogP contribution in [0.15, 0.2) is 39.9 Å². The smallest absolute Gasteiger partial charge is 0.329 e. The molecule has 3 N–H and O–H groups in total. The summed E-state index contributed by atoms with van der Waals surface area (Å²) in [6.07, 6.45) is 1.58. The van der Waals surface area contributed by atoms with Crippen molar-refractivity contribution in [1.82, 2.24) is 19.1 Å². The lowest BCUT2D eigenvalue weighted by Crippen LogP contribution is -2.32. The second kappa shape index (κ2) is 8.85. The normalized spacial score (nSPS) is 11.2. The van der Waals surface area contributed by atoms with Gasteiger partial charge in [-0.25, -0.2) is 4.79 Å². The van der Waals surface area contributed by atoms with E-state index in [1.165, 1.54) is 10.1 Å². The molecule has 0 bridgehead atoms. The van der Waals surface area contributed by atoms with Crippen LogP contribution in [0.5, 0.6) is 0 Å². The van der Waals surface area contributed by atoms with Crippen LogP contribution < -0.4 is 16.1 Å². The Bertz CT molecular complexity index is 1030. The molecule has 0 radical (unpaired) electrons. The second-order valence-corrected chi connectivity index (χ2v) is 6.58. The van der Waals surface area contributed by atoms with Gasteiger partial charge in [-0.2, -0.15) is 4.98 Å². The van der Waals surface area contributed by atoms with Crippen molar-refractivity contribution in [2.45, 2.75) is 19.4 Å². The summed E-state index contributed by atoms with van der Waals surface area (Å²) < 4.78 is 3.06. The maximum absolute atomic E-state index is 12.5. The number of benzene rings is 1. The van der Waals surface area contributed by atoms with E-state index < -0.39 is 11.2 Å². The molecule has 1 aromatic carbocycles. The molecule has 150 valence electrons. The van der Waals surface area contributed by atoms with E-state index in [4.69, 9.17) is 0 Å². The summed E-state index contributed by atoms with van der Waals surface area (Å²) in [7, 11) is 1.55. The highest BCUT2D eigenvalue weighted by Crippen LogP contribution is 2.20. The number of nitrogens with one attached hydrogen (secondary N) is 1. The summed E-state index contributed by atoms with van der Waals surface area (Å²) in [5.74, 6) is 0.456. The average molecular weight is 387 g/mol. The summed E-state index contributed by atoms with van der Waals surface area (Å²) in [5.41, 5.74) is 0.756. The lowest BCUT2D eigenvalue weighted by molar-refractivity contribution is 0.279. The van der Waals surface area contributed by atoms with Crippen LogP contribution in [0.4, 0.5) is 5.95 Å². The van der Waals surface area contributed by atoms with Crippen LogP contribution in [0, 0.1) is 0 Å². The fraction of sp³-hybridized carbons (Fsp3) is 0.421. The minimum Gasteiger partial charge on any atom is -0.395 e. The number of hydrogen-bond donors (Lipinski definition) is 3. The van der Waals surface area contributed by atoms with Gasteiger partial charge in [0.15, 0.2) is 11.2 Å². The second-order valence-electron chi connectivity index (χ2n) is 6.58. The third-order valence-corrected chi connectivity index (χ3v) is 4.70. The summed E-state index contributed by atoms with van der Waals surface area (Å²) in [6, 6.07) is 10.0. The fourth-order valence-electron chi connectivity index (χ4n) is 3.32. The summed E-state index contributed by atoms with van der Waals surface area (Å²) >= 11 is 0. The molecule has 0 unspecified atom stereocenters. The molecule has 0 atom stereocenters. The average Bonchev–Trinajstić information content (AvgIpc) is 3.07. The molecule has 0 aliphatic carbocycles. The molecule has 28 heavy (non-hydrogen) atoms. The minimum absolute atomic E-state index is 0.123. The van der Waals surface area contributed by atoms with E-state index in [0.29, 0.717) is 18.0 Å². The molecule has 0 saturated carbocycles. The third kappa shape index (κ3) is 4.00. The highest BCUT2D eigenvalue weighted by atomic mass is 16.3. The van der Waals surface area contributed by atoms with Crippen molar-refractivity contribution in [1.29, 1.82) is 0 Å². The predicted molar refractivity (Wildman–Crippen MR) is 107 cm³/mol. The van der Waals surface area contributed by atoms with Crippen molar-refractivity contribution in [3.8, 4) is 0 Å². The predicted octanol–water partition coefficient (Wildman–Crippen LogP) is -0.153. The van der Waals surface area contributed by atoms with Crippen molar-refractivity contribution in [3.63, 3.8) is 0 Å². The molecule has 0 amide bonds. The monoisotopic (exact) mass is 387 g/mol. The number of fused-ring (bicyclic) bond motifs is 1. The summed E-state index contributed by atoms with van der Waals surface area (Å²) in [5, 5.41) is 18.8. The third-order valence-electron chi connectivity index (χ3n) is 4.70. The Labute approximate surface area is 161 Å². The molecule has 2 aromatic heterocycles. The number of anilines is 1. The number of aliphatic hydroxyl groups is 2. The number of H-pyrrole nitrogens is 1. The zero-order valence-corrected chi connectivity index (χ0v) is 15.8. The van der Waals surface area contributed by atoms with Gasteiger partial charge in [0.2, 0.25) is 5.95 Å². The zero-order valence-electron chi connectivity index (χ0n) is 15.8. The Kier molecular flexibility index (Phi) is 6.27. The Balaban J connectivity index is 2.03. The van der Waals surface area contributed by atoms with Crippen LogP contribution in [-0.2, 0) is 20.0 Å². The van der Waals surface area contributed by atoms with Crippen LogP contribution in [0.1, 0.15) is 12.0 Å². The number of aliphatic hydroxyl groups excluding tert-OH is 2. The number of aryl methyl sites for hydroxylation is 3. The van der Waals surface area contributed by atoms with Crippen molar-refractivity contribution in [2.75, 3.05) is 31.2 Å². The molecular formula is C19H25N5O4. The first-order valence-electron chi connectivity index (χ1n) is 9.27. The number of aromatic nitrogens is 4. The molecular weight excluding hydrogens is 362 g/mol. The van der Waals surface area contributed by atoms with E-state index in [-0.39, 0.29) is 32.0 Å². The summed E-state index contributed by atoms with van der Waals surface area (Å²) in [4.78, 5) is 33.0. The van der Waals surface area contributed by atoms with Crippen molar-refractivity contribution >= 4 is 17.1 Å². The largest absolute Gasteiger partial charge is 0.395 e.